The van der Waals surface area contributed by atoms with Gasteiger partial charge in [0.05, 0.1) is 0 Å². The molecule has 0 atom stereocenters. The quantitative estimate of drug-likeness (QED) is 0.919. The van der Waals surface area contributed by atoms with Gasteiger partial charge in [-0.2, -0.15) is 0 Å². The number of pyridine rings is 1. The zero-order chi connectivity index (χ0) is 13.8. The van der Waals surface area contributed by atoms with E-state index in [2.05, 4.69) is 10.3 Å². The van der Waals surface area contributed by atoms with Crippen molar-refractivity contribution in [2.75, 3.05) is 13.1 Å². The van der Waals surface area contributed by atoms with Crippen LogP contribution in [0.4, 0.5) is 0 Å². The Balaban J connectivity index is 1.71. The lowest BCUT2D eigenvalue weighted by atomic mass is 10.2. The van der Waals surface area contributed by atoms with E-state index in [0.29, 0.717) is 23.1 Å². The number of nitrogens with one attached hydrogen (secondary N) is 1. The smallest absolute Gasteiger partial charge is 0.163 e. The van der Waals surface area contributed by atoms with Gasteiger partial charge in [0.25, 0.3) is 0 Å². The van der Waals surface area contributed by atoms with Gasteiger partial charge in [-0.3, -0.25) is 4.98 Å². The minimum atomic E-state index is 0.189. The van der Waals surface area contributed by atoms with Crippen LogP contribution in [0.15, 0.2) is 42.7 Å². The number of rotatable bonds is 5. The summed E-state index contributed by atoms with van der Waals surface area (Å²) >= 11 is 6.02. The van der Waals surface area contributed by atoms with E-state index in [9.17, 15) is 0 Å². The van der Waals surface area contributed by atoms with Crippen molar-refractivity contribution >= 4 is 11.6 Å². The maximum absolute atomic E-state index is 6.02. The van der Waals surface area contributed by atoms with Crippen LogP contribution < -0.4 is 14.8 Å². The highest BCUT2D eigenvalue weighted by Crippen LogP contribution is 2.32. The number of ether oxygens (including phenoxy) is 2. The van der Waals surface area contributed by atoms with Crippen LogP contribution in [0.5, 0.6) is 11.5 Å². The summed E-state index contributed by atoms with van der Waals surface area (Å²) in [5.41, 5.74) is 1.01. The molecule has 1 aliphatic heterocycles. The highest BCUT2D eigenvalue weighted by atomic mass is 35.5. The molecule has 3 rings (SSSR count). The van der Waals surface area contributed by atoms with E-state index in [1.807, 2.05) is 18.2 Å². The van der Waals surface area contributed by atoms with Crippen molar-refractivity contribution in [3.63, 3.8) is 0 Å². The average Bonchev–Trinajstić information content (AvgIpc) is 2.43. The fourth-order valence-electron chi connectivity index (χ4n) is 1.86. The molecule has 0 amide bonds. The number of aromatic nitrogens is 1. The second kappa shape index (κ2) is 6.11. The molecule has 1 saturated heterocycles. The van der Waals surface area contributed by atoms with Crippen LogP contribution in [0.1, 0.15) is 5.56 Å². The zero-order valence-corrected chi connectivity index (χ0v) is 11.6. The highest BCUT2D eigenvalue weighted by molar-refractivity contribution is 6.30. The molecule has 1 N–H and O–H groups in total. The number of nitrogens with zero attached hydrogens (tertiary/aromatic N) is 1. The predicted octanol–water partition coefficient (Wildman–Crippen LogP) is 2.66. The predicted molar refractivity (Wildman–Crippen MR) is 77.3 cm³/mol. The summed E-state index contributed by atoms with van der Waals surface area (Å²) in [4.78, 5) is 4.06. The summed E-state index contributed by atoms with van der Waals surface area (Å²) in [7, 11) is 0. The van der Waals surface area contributed by atoms with Crippen LogP contribution in [-0.4, -0.2) is 24.2 Å². The van der Waals surface area contributed by atoms with Gasteiger partial charge in [0.2, 0.25) is 0 Å². The van der Waals surface area contributed by atoms with Crippen molar-refractivity contribution in [1.29, 1.82) is 0 Å². The number of halogens is 1. The second-order valence-electron chi connectivity index (χ2n) is 4.64. The molecule has 1 fully saturated rings. The molecule has 0 saturated carbocycles. The van der Waals surface area contributed by atoms with Crippen LogP contribution >= 0.6 is 11.6 Å². The first-order chi connectivity index (χ1) is 9.81. The third kappa shape index (κ3) is 3.21. The van der Waals surface area contributed by atoms with Crippen molar-refractivity contribution in [3.05, 3.63) is 53.3 Å². The van der Waals surface area contributed by atoms with Gasteiger partial charge >= 0.3 is 0 Å². The SMILES string of the molecule is Clc1ccc(OCc2cccnc2)c(OC2CNC2)c1. The van der Waals surface area contributed by atoms with Gasteiger partial charge in [-0.05, 0) is 18.2 Å². The molecular formula is C15H15ClN2O2. The molecule has 2 heterocycles. The molecule has 0 bridgehead atoms. The normalized spacial score (nSPS) is 14.7. The molecule has 1 aromatic heterocycles. The molecule has 0 spiro atoms. The van der Waals surface area contributed by atoms with E-state index in [1.54, 1.807) is 24.5 Å². The van der Waals surface area contributed by atoms with Crippen molar-refractivity contribution in [1.82, 2.24) is 10.3 Å². The van der Waals surface area contributed by atoms with Crippen molar-refractivity contribution < 1.29 is 9.47 Å². The molecular weight excluding hydrogens is 276 g/mol. The maximum Gasteiger partial charge on any atom is 0.163 e. The minimum absolute atomic E-state index is 0.189. The van der Waals surface area contributed by atoms with Gasteiger partial charge < -0.3 is 14.8 Å². The van der Waals surface area contributed by atoms with Crippen molar-refractivity contribution in [3.8, 4) is 11.5 Å². The van der Waals surface area contributed by atoms with E-state index >= 15 is 0 Å². The van der Waals surface area contributed by atoms with Crippen LogP contribution in [0.2, 0.25) is 5.02 Å². The Bertz CT molecular complexity index is 573. The lowest BCUT2D eigenvalue weighted by Gasteiger charge is -2.28. The lowest BCUT2D eigenvalue weighted by Crippen LogP contribution is -2.50. The first-order valence-corrected chi connectivity index (χ1v) is 6.88. The molecule has 1 aromatic carbocycles. The first-order valence-electron chi connectivity index (χ1n) is 6.50. The zero-order valence-electron chi connectivity index (χ0n) is 10.9. The van der Waals surface area contributed by atoms with Gasteiger partial charge in [-0.25, -0.2) is 0 Å². The fourth-order valence-corrected chi connectivity index (χ4v) is 2.03. The molecule has 1 aliphatic rings. The largest absolute Gasteiger partial charge is 0.485 e. The molecule has 5 heteroatoms. The van der Waals surface area contributed by atoms with Crippen molar-refractivity contribution in [2.45, 2.75) is 12.7 Å². The summed E-state index contributed by atoms with van der Waals surface area (Å²) in [6, 6.07) is 9.28. The van der Waals surface area contributed by atoms with E-state index < -0.39 is 0 Å². The Labute approximate surface area is 122 Å². The minimum Gasteiger partial charge on any atom is -0.485 e. The Hall–Kier alpha value is -1.78. The molecule has 0 unspecified atom stereocenters. The topological polar surface area (TPSA) is 43.4 Å². The fraction of sp³-hybridized carbons (Fsp3) is 0.267. The summed E-state index contributed by atoms with van der Waals surface area (Å²) in [5, 5.41) is 3.81. The third-order valence-corrected chi connectivity index (χ3v) is 3.30. The molecule has 20 heavy (non-hydrogen) atoms. The summed E-state index contributed by atoms with van der Waals surface area (Å²) < 4.78 is 11.7. The molecule has 2 aromatic rings. The van der Waals surface area contributed by atoms with E-state index in [4.69, 9.17) is 21.1 Å². The van der Waals surface area contributed by atoms with Crippen LogP contribution in [0, 0.1) is 0 Å². The van der Waals surface area contributed by atoms with Gasteiger partial charge in [0.1, 0.15) is 12.7 Å². The molecule has 104 valence electrons. The Morgan fingerprint density at radius 1 is 1.25 bits per heavy atom. The molecule has 0 radical (unpaired) electrons. The Morgan fingerprint density at radius 2 is 2.15 bits per heavy atom. The monoisotopic (exact) mass is 290 g/mol. The van der Waals surface area contributed by atoms with Gasteiger partial charge in [-0.1, -0.05) is 17.7 Å². The van der Waals surface area contributed by atoms with Crippen molar-refractivity contribution in [2.24, 2.45) is 0 Å². The highest BCUT2D eigenvalue weighted by Gasteiger charge is 2.20. The van der Waals surface area contributed by atoms with Crippen LogP contribution in [0.3, 0.4) is 0 Å². The Kier molecular flexibility index (Phi) is 4.04. The standard InChI is InChI=1S/C15H15ClN2O2/c16-12-3-4-14(15(6-12)20-13-8-18-9-13)19-10-11-2-1-5-17-7-11/h1-7,13,18H,8-10H2. The van der Waals surface area contributed by atoms with Gasteiger partial charge in [0, 0.05) is 42.1 Å². The second-order valence-corrected chi connectivity index (χ2v) is 5.08. The summed E-state index contributed by atoms with van der Waals surface area (Å²) in [6.45, 7) is 2.16. The number of benzene rings is 1. The van der Waals surface area contributed by atoms with E-state index in [1.165, 1.54) is 0 Å². The summed E-state index contributed by atoms with van der Waals surface area (Å²) in [5.74, 6) is 1.39. The molecule has 0 aliphatic carbocycles. The van der Waals surface area contributed by atoms with E-state index in [0.717, 1.165) is 18.7 Å². The third-order valence-electron chi connectivity index (χ3n) is 3.06. The lowest BCUT2D eigenvalue weighted by molar-refractivity contribution is 0.134. The molecule has 4 nitrogen and oxygen atoms in total. The van der Waals surface area contributed by atoms with Gasteiger partial charge in [0.15, 0.2) is 11.5 Å². The summed E-state index contributed by atoms with van der Waals surface area (Å²) in [6.07, 6.45) is 3.71. The maximum atomic E-state index is 6.02. The number of hydrogen-bond acceptors (Lipinski definition) is 4. The average molecular weight is 291 g/mol. The van der Waals surface area contributed by atoms with Gasteiger partial charge in [-0.15, -0.1) is 0 Å². The van der Waals surface area contributed by atoms with E-state index in [-0.39, 0.29) is 6.10 Å². The van der Waals surface area contributed by atoms with Crippen LogP contribution in [0.25, 0.3) is 0 Å². The first kappa shape index (κ1) is 13.2. The van der Waals surface area contributed by atoms with Crippen LogP contribution in [-0.2, 0) is 6.61 Å². The Morgan fingerprint density at radius 3 is 2.85 bits per heavy atom. The number of hydrogen-bond donors (Lipinski definition) is 1.